The van der Waals surface area contributed by atoms with Crippen molar-refractivity contribution in [3.05, 3.63) is 63.3 Å². The molecule has 0 bridgehead atoms. The summed E-state index contributed by atoms with van der Waals surface area (Å²) in [4.78, 5) is 20.1. The van der Waals surface area contributed by atoms with Crippen LogP contribution in [0.1, 0.15) is 18.2 Å². The van der Waals surface area contributed by atoms with Crippen molar-refractivity contribution in [3.8, 4) is 5.75 Å². The molecule has 3 aromatic rings. The van der Waals surface area contributed by atoms with Crippen LogP contribution in [0.4, 0.5) is 0 Å². The number of esters is 1. The number of rotatable bonds is 3. The monoisotopic (exact) mass is 402 g/mol. The number of carbonyl (C=O) groups excluding carboxylic acids is 1. The minimum atomic E-state index is -0.379. The van der Waals surface area contributed by atoms with E-state index in [9.17, 15) is 4.79 Å². The van der Waals surface area contributed by atoms with Crippen LogP contribution in [-0.2, 0) is 4.79 Å². The molecule has 0 atom stereocenters. The van der Waals surface area contributed by atoms with Gasteiger partial charge in [0.15, 0.2) is 5.15 Å². The van der Waals surface area contributed by atoms with Gasteiger partial charge in [0.25, 0.3) is 0 Å². The zero-order valence-electron chi connectivity index (χ0n) is 12.7. The van der Waals surface area contributed by atoms with Crippen molar-refractivity contribution in [3.63, 3.8) is 0 Å². The summed E-state index contributed by atoms with van der Waals surface area (Å²) in [5.41, 5.74) is 2.77. The van der Waals surface area contributed by atoms with Crippen LogP contribution in [0.3, 0.4) is 0 Å². The molecule has 0 spiro atoms. The lowest BCUT2D eigenvalue weighted by Crippen LogP contribution is -2.02. The summed E-state index contributed by atoms with van der Waals surface area (Å²) in [6.45, 7) is 1.36. The zero-order valence-corrected chi connectivity index (χ0v) is 15.0. The number of ether oxygens (including phenoxy) is 1. The first kappa shape index (κ1) is 16.6. The number of halogens is 2. The van der Waals surface area contributed by atoms with E-state index in [0.717, 1.165) is 21.1 Å². The first-order valence-electron chi connectivity index (χ1n) is 7.11. The largest absolute Gasteiger partial charge is 0.426 e. The van der Waals surface area contributed by atoms with Gasteiger partial charge >= 0.3 is 5.97 Å². The number of hydrogen-bond acceptors (Lipinski definition) is 4. The first-order chi connectivity index (χ1) is 11.5. The van der Waals surface area contributed by atoms with Gasteiger partial charge in [0.1, 0.15) is 11.4 Å². The summed E-state index contributed by atoms with van der Waals surface area (Å²) in [6.07, 6.45) is 3.53. The van der Waals surface area contributed by atoms with E-state index >= 15 is 0 Å². The van der Waals surface area contributed by atoms with Crippen molar-refractivity contribution >= 4 is 56.7 Å². The van der Waals surface area contributed by atoms with Crippen molar-refractivity contribution in [2.45, 2.75) is 6.92 Å². The van der Waals surface area contributed by atoms with Gasteiger partial charge in [0, 0.05) is 17.0 Å². The summed E-state index contributed by atoms with van der Waals surface area (Å²) in [5.74, 6) is 0.0855. The molecule has 120 valence electrons. The van der Waals surface area contributed by atoms with Gasteiger partial charge in [-0.2, -0.15) is 0 Å². The van der Waals surface area contributed by atoms with Crippen molar-refractivity contribution in [2.75, 3.05) is 0 Å². The summed E-state index contributed by atoms with van der Waals surface area (Å²) in [5, 5.41) is 0.314. The van der Waals surface area contributed by atoms with Gasteiger partial charge in [-0.25, -0.2) is 9.97 Å². The fraction of sp³-hybridized carbons (Fsp3) is 0.0556. The van der Waals surface area contributed by atoms with Gasteiger partial charge in [-0.3, -0.25) is 4.79 Å². The van der Waals surface area contributed by atoms with E-state index < -0.39 is 0 Å². The molecule has 0 aliphatic heterocycles. The molecular weight excluding hydrogens is 392 g/mol. The molecule has 3 rings (SSSR count). The third-order valence-electron chi connectivity index (χ3n) is 3.20. The second-order valence-corrected chi connectivity index (χ2v) is 6.27. The van der Waals surface area contributed by atoms with Gasteiger partial charge in [0.2, 0.25) is 0 Å². The lowest BCUT2D eigenvalue weighted by atomic mass is 10.1. The number of para-hydroxylation sites is 2. The maximum atomic E-state index is 11.2. The van der Waals surface area contributed by atoms with Gasteiger partial charge in [-0.05, 0) is 42.5 Å². The van der Waals surface area contributed by atoms with E-state index in [-0.39, 0.29) is 5.97 Å². The Labute approximate surface area is 152 Å². The molecule has 0 unspecified atom stereocenters. The number of aromatic nitrogens is 2. The third kappa shape index (κ3) is 3.80. The normalized spacial score (nSPS) is 11.1. The quantitative estimate of drug-likeness (QED) is 0.449. The predicted molar refractivity (Wildman–Crippen MR) is 98.9 cm³/mol. The molecule has 0 N–H and O–H groups in total. The van der Waals surface area contributed by atoms with Crippen LogP contribution in [0, 0.1) is 0 Å². The summed E-state index contributed by atoms with van der Waals surface area (Å²) >= 11 is 9.61. The molecule has 0 fully saturated rings. The Kier molecular flexibility index (Phi) is 4.92. The van der Waals surface area contributed by atoms with Crippen molar-refractivity contribution in [1.29, 1.82) is 0 Å². The van der Waals surface area contributed by atoms with E-state index in [2.05, 4.69) is 25.9 Å². The Balaban J connectivity index is 2.00. The van der Waals surface area contributed by atoms with Crippen molar-refractivity contribution in [1.82, 2.24) is 9.97 Å². The number of hydrogen-bond donors (Lipinski definition) is 0. The number of nitrogens with zero attached hydrogens (tertiary/aromatic N) is 2. The SMILES string of the molecule is CC(=O)Oc1ccc(Br)cc1/C=C/c1nc2ccccc2nc1Cl. The van der Waals surface area contributed by atoms with Crippen molar-refractivity contribution in [2.24, 2.45) is 0 Å². The smallest absolute Gasteiger partial charge is 0.308 e. The Bertz CT molecular complexity index is 957. The zero-order chi connectivity index (χ0) is 17.1. The highest BCUT2D eigenvalue weighted by Gasteiger charge is 2.07. The maximum absolute atomic E-state index is 11.2. The maximum Gasteiger partial charge on any atom is 0.308 e. The minimum Gasteiger partial charge on any atom is -0.426 e. The molecule has 6 heteroatoms. The molecule has 0 saturated carbocycles. The van der Waals surface area contributed by atoms with E-state index in [1.807, 2.05) is 30.3 Å². The van der Waals surface area contributed by atoms with Gasteiger partial charge < -0.3 is 4.74 Å². The van der Waals surface area contributed by atoms with Crippen molar-refractivity contribution < 1.29 is 9.53 Å². The van der Waals surface area contributed by atoms with Crippen LogP contribution in [0.25, 0.3) is 23.2 Å². The van der Waals surface area contributed by atoms with Gasteiger partial charge in [-0.1, -0.05) is 39.7 Å². The highest BCUT2D eigenvalue weighted by molar-refractivity contribution is 9.10. The van der Waals surface area contributed by atoms with Crippen LogP contribution in [-0.4, -0.2) is 15.9 Å². The molecule has 1 aromatic heterocycles. The number of carbonyl (C=O) groups is 1. The van der Waals surface area contributed by atoms with Crippen LogP contribution >= 0.6 is 27.5 Å². The van der Waals surface area contributed by atoms with Crippen LogP contribution in [0.15, 0.2) is 46.9 Å². The summed E-state index contributed by atoms with van der Waals surface area (Å²) in [6, 6.07) is 12.9. The van der Waals surface area contributed by atoms with E-state index in [0.29, 0.717) is 16.6 Å². The average Bonchev–Trinajstić information content (AvgIpc) is 2.54. The fourth-order valence-electron chi connectivity index (χ4n) is 2.16. The second-order valence-electron chi connectivity index (χ2n) is 5.00. The molecule has 2 aromatic carbocycles. The molecule has 4 nitrogen and oxygen atoms in total. The lowest BCUT2D eigenvalue weighted by molar-refractivity contribution is -0.131. The molecule has 24 heavy (non-hydrogen) atoms. The summed E-state index contributed by atoms with van der Waals surface area (Å²) < 4.78 is 6.08. The predicted octanol–water partition coefficient (Wildman–Crippen LogP) is 5.14. The molecular formula is C18H12BrClN2O2. The Morgan fingerprint density at radius 1 is 1.12 bits per heavy atom. The third-order valence-corrected chi connectivity index (χ3v) is 3.97. The average molecular weight is 404 g/mol. The molecule has 0 radical (unpaired) electrons. The molecule has 0 saturated heterocycles. The number of fused-ring (bicyclic) bond motifs is 1. The molecule has 1 heterocycles. The van der Waals surface area contributed by atoms with E-state index in [4.69, 9.17) is 16.3 Å². The molecule has 0 aliphatic rings. The van der Waals surface area contributed by atoms with E-state index in [1.165, 1.54) is 6.92 Å². The summed E-state index contributed by atoms with van der Waals surface area (Å²) in [7, 11) is 0. The van der Waals surface area contributed by atoms with E-state index in [1.54, 1.807) is 24.3 Å². The topological polar surface area (TPSA) is 52.1 Å². The molecule has 0 amide bonds. The number of benzene rings is 2. The highest BCUT2D eigenvalue weighted by atomic mass is 79.9. The minimum absolute atomic E-state index is 0.314. The van der Waals surface area contributed by atoms with Gasteiger partial charge in [0.05, 0.1) is 11.0 Å². The standard InChI is InChI=1S/C18H12BrClN2O2/c1-11(23)24-17-9-7-13(19)10-12(17)6-8-16-18(20)22-15-5-3-2-4-14(15)21-16/h2-10H,1H3/b8-6+. The van der Waals surface area contributed by atoms with Crippen LogP contribution in [0.5, 0.6) is 5.75 Å². The molecule has 0 aliphatic carbocycles. The Morgan fingerprint density at radius 3 is 2.54 bits per heavy atom. The Morgan fingerprint density at radius 2 is 1.83 bits per heavy atom. The Hall–Kier alpha value is -2.24. The van der Waals surface area contributed by atoms with Gasteiger partial charge in [-0.15, -0.1) is 0 Å². The first-order valence-corrected chi connectivity index (χ1v) is 8.28. The van der Waals surface area contributed by atoms with Crippen LogP contribution in [0.2, 0.25) is 5.15 Å². The fourth-order valence-corrected chi connectivity index (χ4v) is 2.74. The lowest BCUT2D eigenvalue weighted by Gasteiger charge is -2.06. The highest BCUT2D eigenvalue weighted by Crippen LogP contribution is 2.26. The second kappa shape index (κ2) is 7.11. The van der Waals surface area contributed by atoms with Crippen LogP contribution < -0.4 is 4.74 Å².